The minimum Gasteiger partial charge on any atom is -0.396 e. The molecule has 2 nitrogen and oxygen atoms in total. The molecule has 4 heteroatoms. The van der Waals surface area contributed by atoms with Crippen LogP contribution in [0.1, 0.15) is 5.56 Å². The van der Waals surface area contributed by atoms with Crippen LogP contribution in [0.4, 0.5) is 10.1 Å². The summed E-state index contributed by atoms with van der Waals surface area (Å²) in [7, 11) is 0. The lowest BCUT2D eigenvalue weighted by atomic mass is 10.2. The van der Waals surface area contributed by atoms with Crippen molar-refractivity contribution in [2.75, 3.05) is 5.73 Å². The molecule has 0 fully saturated rings. The molecule has 0 aliphatic rings. The normalized spacial score (nSPS) is 8.38. The summed E-state index contributed by atoms with van der Waals surface area (Å²) in [5.41, 5.74) is 5.47. The van der Waals surface area contributed by atoms with E-state index in [1.807, 2.05) is 0 Å². The van der Waals surface area contributed by atoms with Gasteiger partial charge in [0, 0.05) is 11.5 Å². The van der Waals surface area contributed by atoms with Crippen LogP contribution < -0.4 is 5.73 Å². The lowest BCUT2D eigenvalue weighted by Crippen LogP contribution is -1.92. The van der Waals surface area contributed by atoms with Gasteiger partial charge >= 0.3 is 0 Å². The van der Waals surface area contributed by atoms with Crippen LogP contribution in [0, 0.1) is 29.0 Å². The fraction of sp³-hybridized carbons (Fsp3) is 0. The van der Waals surface area contributed by atoms with E-state index in [9.17, 15) is 4.39 Å². The average molecular weight is 195 g/mol. The summed E-state index contributed by atoms with van der Waals surface area (Å²) in [6, 6.07) is 4.42. The Kier molecular flexibility index (Phi) is 2.74. The first-order valence-electron chi connectivity index (χ1n) is 3.30. The summed E-state index contributed by atoms with van der Waals surface area (Å²) in [5.74, 6) is 3.81. The minimum absolute atomic E-state index is 0.0347. The number of anilines is 1. The van der Waals surface area contributed by atoms with Crippen LogP contribution in [0.3, 0.4) is 0 Å². The van der Waals surface area contributed by atoms with Crippen molar-refractivity contribution >= 4 is 17.3 Å². The largest absolute Gasteiger partial charge is 0.396 e. The lowest BCUT2D eigenvalue weighted by molar-refractivity contribution is 0.632. The quantitative estimate of drug-likeness (QED) is 0.507. The highest BCUT2D eigenvalue weighted by atomic mass is 35.5. The molecule has 0 aromatic heterocycles. The highest BCUT2D eigenvalue weighted by Crippen LogP contribution is 2.23. The third kappa shape index (κ3) is 1.90. The van der Waals surface area contributed by atoms with Gasteiger partial charge in [-0.15, -0.1) is 0 Å². The fourth-order valence-electron chi connectivity index (χ4n) is 0.756. The van der Waals surface area contributed by atoms with Crippen molar-refractivity contribution in [1.29, 1.82) is 5.26 Å². The molecule has 1 rings (SSSR count). The summed E-state index contributed by atoms with van der Waals surface area (Å²) in [5, 5.41) is 8.01. The van der Waals surface area contributed by atoms with Crippen molar-refractivity contribution in [2.24, 2.45) is 0 Å². The molecule has 0 amide bonds. The molecule has 0 aliphatic carbocycles. The summed E-state index contributed by atoms with van der Waals surface area (Å²) in [6.07, 6.45) is 0. The van der Waals surface area contributed by atoms with E-state index in [4.69, 9.17) is 22.6 Å². The maximum Gasteiger partial charge on any atom is 0.165 e. The van der Waals surface area contributed by atoms with E-state index in [1.165, 1.54) is 12.1 Å². The van der Waals surface area contributed by atoms with Gasteiger partial charge in [-0.3, -0.25) is 0 Å². The number of nitriles is 1. The first-order chi connectivity index (χ1) is 6.16. The van der Waals surface area contributed by atoms with Crippen molar-refractivity contribution in [2.45, 2.75) is 0 Å². The molecular weight excluding hydrogens is 191 g/mol. The Morgan fingerprint density at radius 2 is 2.15 bits per heavy atom. The molecule has 0 heterocycles. The van der Waals surface area contributed by atoms with Crippen LogP contribution >= 0.6 is 11.6 Å². The lowest BCUT2D eigenvalue weighted by Gasteiger charge is -1.99. The smallest absolute Gasteiger partial charge is 0.165 e. The van der Waals surface area contributed by atoms with Crippen molar-refractivity contribution < 1.29 is 4.39 Å². The number of hydrogen-bond acceptors (Lipinski definition) is 2. The highest BCUT2D eigenvalue weighted by Gasteiger charge is 2.07. The van der Waals surface area contributed by atoms with Crippen LogP contribution in [0.25, 0.3) is 0 Å². The monoisotopic (exact) mass is 194 g/mol. The molecule has 0 radical (unpaired) electrons. The van der Waals surface area contributed by atoms with Gasteiger partial charge in [0.15, 0.2) is 11.9 Å². The van der Waals surface area contributed by atoms with Gasteiger partial charge in [0.25, 0.3) is 0 Å². The van der Waals surface area contributed by atoms with Gasteiger partial charge in [0.05, 0.1) is 10.7 Å². The maximum absolute atomic E-state index is 13.0. The molecule has 0 aliphatic heterocycles. The number of hydrogen-bond donors (Lipinski definition) is 1. The summed E-state index contributed by atoms with van der Waals surface area (Å²) in [4.78, 5) is 0. The second kappa shape index (κ2) is 3.80. The number of rotatable bonds is 0. The number of nitrogen functional groups attached to an aromatic ring is 1. The molecule has 64 valence electrons. The molecule has 0 saturated heterocycles. The molecule has 0 saturated carbocycles. The molecular formula is C9H4ClFN2. The van der Waals surface area contributed by atoms with Crippen LogP contribution in [-0.4, -0.2) is 0 Å². The van der Waals surface area contributed by atoms with Crippen LogP contribution in [-0.2, 0) is 0 Å². The molecule has 0 unspecified atom stereocenters. The fourth-order valence-corrected chi connectivity index (χ4v) is 0.976. The van der Waals surface area contributed by atoms with Gasteiger partial charge in [-0.2, -0.15) is 5.26 Å². The van der Waals surface area contributed by atoms with E-state index in [0.717, 1.165) is 0 Å². The minimum atomic E-state index is -0.702. The van der Waals surface area contributed by atoms with Gasteiger partial charge in [-0.25, -0.2) is 4.39 Å². The summed E-state index contributed by atoms with van der Waals surface area (Å²) in [6.45, 7) is 0. The average Bonchev–Trinajstić information content (AvgIpc) is 2.13. The molecule has 2 N–H and O–H groups in total. The van der Waals surface area contributed by atoms with Gasteiger partial charge < -0.3 is 5.73 Å². The number of nitrogens with zero attached hydrogens (tertiary/aromatic N) is 1. The molecule has 0 bridgehead atoms. The first-order valence-corrected chi connectivity index (χ1v) is 3.68. The number of nitrogens with two attached hydrogens (primary N) is 1. The van der Waals surface area contributed by atoms with Crippen molar-refractivity contribution in [1.82, 2.24) is 0 Å². The summed E-state index contributed by atoms with van der Waals surface area (Å²) >= 11 is 5.57. The van der Waals surface area contributed by atoms with Gasteiger partial charge in [-0.05, 0) is 18.1 Å². The SMILES string of the molecule is N#CC#Cc1ccc(N)c(F)c1Cl. The second-order valence-electron chi connectivity index (χ2n) is 2.19. The van der Waals surface area contributed by atoms with E-state index in [-0.39, 0.29) is 16.3 Å². The molecule has 13 heavy (non-hydrogen) atoms. The topological polar surface area (TPSA) is 49.8 Å². The number of benzene rings is 1. The molecule has 1 aromatic carbocycles. The zero-order valence-corrected chi connectivity index (χ0v) is 7.19. The summed E-state index contributed by atoms with van der Waals surface area (Å²) < 4.78 is 13.0. The Morgan fingerprint density at radius 1 is 1.46 bits per heavy atom. The second-order valence-corrected chi connectivity index (χ2v) is 2.57. The van der Waals surface area contributed by atoms with Gasteiger partial charge in [-0.1, -0.05) is 11.6 Å². The number of halogens is 2. The van der Waals surface area contributed by atoms with Crippen molar-refractivity contribution in [3.63, 3.8) is 0 Å². The van der Waals surface area contributed by atoms with E-state index in [1.54, 1.807) is 6.07 Å². The Labute approximate surface area is 79.7 Å². The van der Waals surface area contributed by atoms with E-state index < -0.39 is 5.82 Å². The van der Waals surface area contributed by atoms with Crippen molar-refractivity contribution in [3.8, 4) is 17.9 Å². The van der Waals surface area contributed by atoms with Crippen LogP contribution in [0.2, 0.25) is 5.02 Å². The zero-order chi connectivity index (χ0) is 9.84. The Balaban J connectivity index is 3.28. The van der Waals surface area contributed by atoms with E-state index in [0.29, 0.717) is 0 Å². The molecule has 1 aromatic rings. The molecule has 0 atom stereocenters. The first kappa shape index (κ1) is 9.38. The Morgan fingerprint density at radius 3 is 2.77 bits per heavy atom. The van der Waals surface area contributed by atoms with Crippen LogP contribution in [0.5, 0.6) is 0 Å². The Hall–Kier alpha value is -1.71. The third-order valence-corrected chi connectivity index (χ3v) is 1.73. The van der Waals surface area contributed by atoms with Gasteiger partial charge in [0.2, 0.25) is 0 Å². The van der Waals surface area contributed by atoms with Gasteiger partial charge in [0.1, 0.15) is 0 Å². The third-order valence-electron chi connectivity index (χ3n) is 1.37. The zero-order valence-electron chi connectivity index (χ0n) is 6.44. The molecule has 0 spiro atoms. The maximum atomic E-state index is 13.0. The highest BCUT2D eigenvalue weighted by molar-refractivity contribution is 6.32. The Bertz CT molecular complexity index is 437. The van der Waals surface area contributed by atoms with E-state index in [2.05, 4.69) is 11.8 Å². The predicted molar refractivity (Wildman–Crippen MR) is 48.3 cm³/mol. The predicted octanol–water partition coefficient (Wildman–Crippen LogP) is 1.94. The van der Waals surface area contributed by atoms with E-state index >= 15 is 0 Å². The van der Waals surface area contributed by atoms with Crippen LogP contribution in [0.15, 0.2) is 12.1 Å². The standard InChI is InChI=1S/C9H4ClFN2/c10-8-6(2-1-5-12)3-4-7(13)9(8)11/h3-4H,13H2. The van der Waals surface area contributed by atoms with Crippen molar-refractivity contribution in [3.05, 3.63) is 28.5 Å².